The van der Waals surface area contributed by atoms with Crippen LogP contribution in [0.3, 0.4) is 0 Å². The Labute approximate surface area is 144 Å². The fourth-order valence-electron chi connectivity index (χ4n) is 4.13. The molecule has 130 valence electrons. The number of rotatable bonds is 2. The van der Waals surface area contributed by atoms with Crippen LogP contribution < -0.4 is 14.7 Å². The topological polar surface area (TPSA) is 42.9 Å². The molecule has 1 atom stereocenters. The summed E-state index contributed by atoms with van der Waals surface area (Å²) in [6, 6.07) is 2.51. The lowest BCUT2D eigenvalue weighted by molar-refractivity contribution is -0.121. The largest absolute Gasteiger partial charge is 0.370 e. The highest BCUT2D eigenvalue weighted by atomic mass is 16.2. The van der Waals surface area contributed by atoms with Crippen molar-refractivity contribution in [1.82, 2.24) is 9.88 Å². The van der Waals surface area contributed by atoms with Gasteiger partial charge in [0.15, 0.2) is 5.82 Å². The standard InChI is InChI=1S/C18H27N5O/c1-13(2)22-8-9-23-16(12-22)18(24)20(3)15-10-14(11-19-17(15)23)21-6-4-5-7-21/h10-11,13,16H,4-9,12H2,1-3H3/t16-/m1/s1. The van der Waals surface area contributed by atoms with Gasteiger partial charge in [-0.2, -0.15) is 0 Å². The monoisotopic (exact) mass is 329 g/mol. The van der Waals surface area contributed by atoms with Crippen molar-refractivity contribution in [3.05, 3.63) is 12.3 Å². The van der Waals surface area contributed by atoms with Crippen LogP contribution in [-0.4, -0.2) is 67.6 Å². The smallest absolute Gasteiger partial charge is 0.250 e. The Morgan fingerprint density at radius 1 is 1.17 bits per heavy atom. The number of carbonyl (C=O) groups excluding carboxylic acids is 1. The number of pyridine rings is 1. The summed E-state index contributed by atoms with van der Waals surface area (Å²) < 4.78 is 0. The number of hydrogen-bond donors (Lipinski definition) is 0. The average molecular weight is 329 g/mol. The minimum Gasteiger partial charge on any atom is -0.370 e. The van der Waals surface area contributed by atoms with Gasteiger partial charge in [0, 0.05) is 45.8 Å². The molecule has 6 nitrogen and oxygen atoms in total. The van der Waals surface area contributed by atoms with Gasteiger partial charge in [0.1, 0.15) is 6.04 Å². The number of piperazine rings is 1. The number of amides is 1. The number of aromatic nitrogens is 1. The number of fused-ring (bicyclic) bond motifs is 3. The number of hydrogen-bond acceptors (Lipinski definition) is 5. The minimum absolute atomic E-state index is 0.108. The van der Waals surface area contributed by atoms with Crippen LogP contribution in [-0.2, 0) is 4.79 Å². The molecule has 0 aliphatic carbocycles. The van der Waals surface area contributed by atoms with Crippen LogP contribution in [0.4, 0.5) is 17.2 Å². The molecule has 3 aliphatic heterocycles. The van der Waals surface area contributed by atoms with Crippen molar-refractivity contribution in [2.24, 2.45) is 0 Å². The summed E-state index contributed by atoms with van der Waals surface area (Å²) in [4.78, 5) is 26.5. The number of nitrogens with zero attached hydrogens (tertiary/aromatic N) is 5. The van der Waals surface area contributed by atoms with E-state index < -0.39 is 0 Å². The van der Waals surface area contributed by atoms with Crippen molar-refractivity contribution < 1.29 is 4.79 Å². The molecule has 3 aliphatic rings. The maximum absolute atomic E-state index is 12.9. The molecule has 24 heavy (non-hydrogen) atoms. The van der Waals surface area contributed by atoms with E-state index in [9.17, 15) is 4.79 Å². The van der Waals surface area contributed by atoms with Crippen LogP contribution in [0.1, 0.15) is 26.7 Å². The molecule has 2 fully saturated rings. The van der Waals surface area contributed by atoms with Crippen LogP contribution in [0.15, 0.2) is 12.3 Å². The zero-order chi connectivity index (χ0) is 16.8. The molecule has 0 saturated carbocycles. The van der Waals surface area contributed by atoms with Gasteiger partial charge in [-0.05, 0) is 32.8 Å². The second-order valence-electron chi connectivity index (χ2n) is 7.43. The Morgan fingerprint density at radius 3 is 2.62 bits per heavy atom. The third-order valence-corrected chi connectivity index (χ3v) is 5.70. The van der Waals surface area contributed by atoms with Crippen LogP contribution >= 0.6 is 0 Å². The molecule has 1 aromatic heterocycles. The quantitative estimate of drug-likeness (QED) is 0.824. The lowest BCUT2D eigenvalue weighted by Crippen LogP contribution is -2.63. The van der Waals surface area contributed by atoms with Gasteiger partial charge in [-0.25, -0.2) is 4.98 Å². The first kappa shape index (κ1) is 15.7. The third kappa shape index (κ3) is 2.44. The van der Waals surface area contributed by atoms with Crippen molar-refractivity contribution in [2.45, 2.75) is 38.8 Å². The zero-order valence-corrected chi connectivity index (χ0v) is 14.9. The van der Waals surface area contributed by atoms with E-state index in [0.717, 1.165) is 49.9 Å². The summed E-state index contributed by atoms with van der Waals surface area (Å²) >= 11 is 0. The van der Waals surface area contributed by atoms with Gasteiger partial charge in [-0.15, -0.1) is 0 Å². The van der Waals surface area contributed by atoms with E-state index in [4.69, 9.17) is 4.98 Å². The Morgan fingerprint density at radius 2 is 1.92 bits per heavy atom. The van der Waals surface area contributed by atoms with E-state index in [2.05, 4.69) is 34.6 Å². The van der Waals surface area contributed by atoms with E-state index in [1.807, 2.05) is 18.1 Å². The maximum Gasteiger partial charge on any atom is 0.250 e. The SMILES string of the molecule is CC(C)N1CCN2c3ncc(N4CCCC4)cc3N(C)C(=O)[C@H]2C1. The van der Waals surface area contributed by atoms with Gasteiger partial charge in [0.05, 0.1) is 17.6 Å². The summed E-state index contributed by atoms with van der Waals surface area (Å²) in [5.74, 6) is 1.15. The van der Waals surface area contributed by atoms with Crippen LogP contribution in [0, 0.1) is 0 Å². The predicted molar refractivity (Wildman–Crippen MR) is 96.9 cm³/mol. The van der Waals surface area contributed by atoms with E-state index in [0.29, 0.717) is 6.04 Å². The van der Waals surface area contributed by atoms with Gasteiger partial charge in [0.25, 0.3) is 5.91 Å². The molecule has 4 heterocycles. The van der Waals surface area contributed by atoms with Crippen molar-refractivity contribution in [3.63, 3.8) is 0 Å². The minimum atomic E-state index is -0.108. The second kappa shape index (κ2) is 5.92. The highest BCUT2D eigenvalue weighted by Crippen LogP contribution is 2.38. The summed E-state index contributed by atoms with van der Waals surface area (Å²) in [5.41, 5.74) is 2.10. The van der Waals surface area contributed by atoms with Gasteiger partial charge in [-0.1, -0.05) is 0 Å². The molecule has 6 heteroatoms. The molecule has 0 unspecified atom stereocenters. The molecule has 0 bridgehead atoms. The summed E-state index contributed by atoms with van der Waals surface area (Å²) in [5, 5.41) is 0. The Balaban J connectivity index is 1.67. The highest BCUT2D eigenvalue weighted by molar-refractivity contribution is 6.05. The first-order valence-corrected chi connectivity index (χ1v) is 9.09. The van der Waals surface area contributed by atoms with Crippen LogP contribution in [0.5, 0.6) is 0 Å². The van der Waals surface area contributed by atoms with Crippen molar-refractivity contribution in [1.29, 1.82) is 0 Å². The first-order valence-electron chi connectivity index (χ1n) is 9.09. The molecule has 1 aromatic rings. The van der Waals surface area contributed by atoms with Crippen molar-refractivity contribution in [2.75, 3.05) is 54.5 Å². The Bertz CT molecular complexity index is 640. The molecular formula is C18H27N5O. The number of anilines is 3. The van der Waals surface area contributed by atoms with Crippen molar-refractivity contribution in [3.8, 4) is 0 Å². The molecule has 4 rings (SSSR count). The average Bonchev–Trinajstić information content (AvgIpc) is 3.13. The molecule has 1 amide bonds. The summed E-state index contributed by atoms with van der Waals surface area (Å²) in [6.07, 6.45) is 4.47. The van der Waals surface area contributed by atoms with Crippen LogP contribution in [0.25, 0.3) is 0 Å². The molecule has 0 aromatic carbocycles. The van der Waals surface area contributed by atoms with E-state index >= 15 is 0 Å². The maximum atomic E-state index is 12.9. The third-order valence-electron chi connectivity index (χ3n) is 5.70. The van der Waals surface area contributed by atoms with Crippen LogP contribution in [0.2, 0.25) is 0 Å². The molecule has 0 N–H and O–H groups in total. The Kier molecular flexibility index (Phi) is 3.87. The fraction of sp³-hybridized carbons (Fsp3) is 0.667. The lowest BCUT2D eigenvalue weighted by Gasteiger charge is -2.47. The second-order valence-corrected chi connectivity index (χ2v) is 7.43. The first-order chi connectivity index (χ1) is 11.6. The predicted octanol–water partition coefficient (Wildman–Crippen LogP) is 1.56. The molecule has 0 radical (unpaired) electrons. The summed E-state index contributed by atoms with van der Waals surface area (Å²) in [7, 11) is 1.89. The number of likely N-dealkylation sites (N-methyl/N-ethyl adjacent to an activating group) is 1. The normalized spacial score (nSPS) is 24.6. The van der Waals surface area contributed by atoms with E-state index in [1.54, 1.807) is 0 Å². The molecular weight excluding hydrogens is 302 g/mol. The van der Waals surface area contributed by atoms with Crippen molar-refractivity contribution >= 4 is 23.1 Å². The highest BCUT2D eigenvalue weighted by Gasteiger charge is 2.41. The van der Waals surface area contributed by atoms with Gasteiger partial charge < -0.3 is 14.7 Å². The summed E-state index contributed by atoms with van der Waals surface area (Å²) in [6.45, 7) is 9.21. The fourth-order valence-corrected chi connectivity index (χ4v) is 4.13. The van der Waals surface area contributed by atoms with E-state index in [-0.39, 0.29) is 11.9 Å². The lowest BCUT2D eigenvalue weighted by atomic mass is 10.0. The number of carbonyl (C=O) groups is 1. The zero-order valence-electron chi connectivity index (χ0n) is 14.9. The molecule has 0 spiro atoms. The van der Waals surface area contributed by atoms with Gasteiger partial charge in [-0.3, -0.25) is 9.69 Å². The molecule has 2 saturated heterocycles. The van der Waals surface area contributed by atoms with Gasteiger partial charge >= 0.3 is 0 Å². The Hall–Kier alpha value is -1.82. The van der Waals surface area contributed by atoms with Gasteiger partial charge in [0.2, 0.25) is 0 Å². The van der Waals surface area contributed by atoms with E-state index in [1.165, 1.54) is 12.8 Å².